The van der Waals surface area contributed by atoms with Crippen LogP contribution in [0, 0.1) is 0 Å². The highest BCUT2D eigenvalue weighted by Crippen LogP contribution is 2.38. The number of carbonyl (C=O) groups excluding carboxylic acids is 2. The Hall–Kier alpha value is -2.55. The number of rotatable bonds is 76. The van der Waals surface area contributed by atoms with Crippen LogP contribution in [0.1, 0.15) is 399 Å². The fraction of sp³-hybridized carbons (Fsp3) is 0.833. The Bertz CT molecular complexity index is 1820. The first-order valence-corrected chi connectivity index (χ1v) is 42.1. The molecular formula is C84H156NO8P. The molecule has 0 aliphatic rings. The molecule has 0 rings (SSSR count). The van der Waals surface area contributed by atoms with Crippen LogP contribution in [0.2, 0.25) is 0 Å². The molecule has 0 aromatic heterocycles. The molecule has 9 nitrogen and oxygen atoms in total. The number of allylic oxidation sites excluding steroid dienone is 12. The standard InChI is InChI=1S/C84H156NO8P/c1-6-8-10-12-14-16-18-20-22-24-26-28-30-32-34-36-38-39-40-41-42-43-44-45-47-48-50-52-54-56-58-60-62-64-66-68-70-72-74-76-83(86)90-80-82(81-92-94(88,89)91-79-78-85(3,4)5)93-84(87)77-75-73-71-69-67-65-63-61-59-57-55-53-51-49-46-37-35-33-31-29-27-25-23-21-19-17-15-13-11-9-7-2/h9,11,15,17,21,23-24,26-27,29,33,35,82H,6-8,10,12-14,16,18-20,22,25,28,30-32,34,36-81H2,1-5H3/b11-9-,17-15-,23-21-,26-24-,29-27-,35-33-. The average molecular weight is 1340 g/mol. The molecule has 0 amide bonds. The van der Waals surface area contributed by atoms with E-state index in [9.17, 15) is 19.0 Å². The minimum atomic E-state index is -4.65. The van der Waals surface area contributed by atoms with Crippen molar-refractivity contribution in [3.63, 3.8) is 0 Å². The van der Waals surface area contributed by atoms with Gasteiger partial charge in [0.25, 0.3) is 7.82 Å². The van der Waals surface area contributed by atoms with E-state index in [-0.39, 0.29) is 32.0 Å². The first-order valence-electron chi connectivity index (χ1n) is 40.6. The van der Waals surface area contributed by atoms with Gasteiger partial charge < -0.3 is 27.9 Å². The number of hydrogen-bond donors (Lipinski definition) is 0. The second-order valence-electron chi connectivity index (χ2n) is 28.8. The van der Waals surface area contributed by atoms with Crippen molar-refractivity contribution in [2.24, 2.45) is 0 Å². The molecule has 0 spiro atoms. The molecule has 0 aromatic rings. The Morgan fingerprint density at radius 1 is 0.340 bits per heavy atom. The third-order valence-corrected chi connectivity index (χ3v) is 19.2. The molecule has 0 fully saturated rings. The molecule has 550 valence electrons. The molecule has 2 unspecified atom stereocenters. The summed E-state index contributed by atoms with van der Waals surface area (Å²) in [5, 5.41) is 0. The Kier molecular flexibility index (Phi) is 72.6. The van der Waals surface area contributed by atoms with Gasteiger partial charge >= 0.3 is 11.9 Å². The van der Waals surface area contributed by atoms with Crippen LogP contribution >= 0.6 is 7.82 Å². The smallest absolute Gasteiger partial charge is 0.306 e. The number of phosphoric ester groups is 1. The average Bonchev–Trinajstić information content (AvgIpc) is 1.66. The van der Waals surface area contributed by atoms with Crippen LogP contribution in [0.4, 0.5) is 0 Å². The summed E-state index contributed by atoms with van der Waals surface area (Å²) in [6.07, 6.45) is 102. The number of likely N-dealkylation sites (N-methyl/N-ethyl adjacent to an activating group) is 1. The van der Waals surface area contributed by atoms with Crippen molar-refractivity contribution in [3.05, 3.63) is 72.9 Å². The van der Waals surface area contributed by atoms with Gasteiger partial charge in [0.15, 0.2) is 6.10 Å². The fourth-order valence-electron chi connectivity index (χ4n) is 12.0. The van der Waals surface area contributed by atoms with Crippen LogP contribution in [-0.2, 0) is 32.7 Å². The van der Waals surface area contributed by atoms with E-state index in [0.717, 1.165) is 70.6 Å². The predicted octanol–water partition coefficient (Wildman–Crippen LogP) is 26.4. The van der Waals surface area contributed by atoms with E-state index in [1.54, 1.807) is 0 Å². The Morgan fingerprint density at radius 2 is 0.606 bits per heavy atom. The van der Waals surface area contributed by atoms with Gasteiger partial charge in [-0.3, -0.25) is 14.2 Å². The SMILES string of the molecule is CC/C=C\C/C=C\C/C=C\C/C=C\C/C=C\CCCCCCCCCCCCCCCCCC(=O)OC(COC(=O)CCCCCCCCCCCCCCCCCCCCCCCCCCCCC/C=C\CCCCCCCCCC)COP(=O)([O-])OCC[N+](C)(C)C. The predicted molar refractivity (Wildman–Crippen MR) is 406 cm³/mol. The summed E-state index contributed by atoms with van der Waals surface area (Å²) in [5.41, 5.74) is 0. The summed E-state index contributed by atoms with van der Waals surface area (Å²) in [5.74, 6) is -0.815. The molecule has 0 radical (unpaired) electrons. The lowest BCUT2D eigenvalue weighted by Gasteiger charge is -2.28. The molecule has 0 saturated carbocycles. The third-order valence-electron chi connectivity index (χ3n) is 18.2. The molecule has 2 atom stereocenters. The van der Waals surface area contributed by atoms with Crippen LogP contribution in [0.3, 0.4) is 0 Å². The first kappa shape index (κ1) is 91.4. The van der Waals surface area contributed by atoms with Crippen molar-refractivity contribution >= 4 is 19.8 Å². The van der Waals surface area contributed by atoms with E-state index in [1.165, 1.54) is 295 Å². The van der Waals surface area contributed by atoms with E-state index in [0.29, 0.717) is 17.4 Å². The van der Waals surface area contributed by atoms with Gasteiger partial charge in [0.2, 0.25) is 0 Å². The molecule has 0 saturated heterocycles. The highest BCUT2D eigenvalue weighted by atomic mass is 31.2. The summed E-state index contributed by atoms with van der Waals surface area (Å²) in [7, 11) is 1.18. The molecule has 94 heavy (non-hydrogen) atoms. The van der Waals surface area contributed by atoms with Crippen LogP contribution in [0.5, 0.6) is 0 Å². The van der Waals surface area contributed by atoms with E-state index in [2.05, 4.69) is 86.8 Å². The third kappa shape index (κ3) is 78.4. The number of esters is 2. The van der Waals surface area contributed by atoms with Crippen LogP contribution < -0.4 is 4.89 Å². The molecule has 0 aliphatic carbocycles. The summed E-state index contributed by atoms with van der Waals surface area (Å²) in [4.78, 5) is 38.2. The van der Waals surface area contributed by atoms with E-state index in [1.807, 2.05) is 21.1 Å². The zero-order chi connectivity index (χ0) is 68.3. The van der Waals surface area contributed by atoms with Crippen molar-refractivity contribution in [1.82, 2.24) is 0 Å². The van der Waals surface area contributed by atoms with Gasteiger partial charge in [-0.1, -0.05) is 376 Å². The van der Waals surface area contributed by atoms with Crippen LogP contribution in [0.25, 0.3) is 0 Å². The number of phosphoric acid groups is 1. The maximum atomic E-state index is 12.9. The van der Waals surface area contributed by atoms with Crippen molar-refractivity contribution in [2.45, 2.75) is 405 Å². The number of carbonyl (C=O) groups is 2. The van der Waals surface area contributed by atoms with Gasteiger partial charge in [-0.05, 0) is 83.5 Å². The van der Waals surface area contributed by atoms with Crippen molar-refractivity contribution in [3.8, 4) is 0 Å². The Morgan fingerprint density at radius 3 is 0.915 bits per heavy atom. The summed E-state index contributed by atoms with van der Waals surface area (Å²) in [6.45, 7) is 4.19. The lowest BCUT2D eigenvalue weighted by atomic mass is 10.0. The van der Waals surface area contributed by atoms with Gasteiger partial charge in [-0.15, -0.1) is 0 Å². The summed E-state index contributed by atoms with van der Waals surface area (Å²) >= 11 is 0. The Labute approximate surface area is 584 Å². The molecule has 0 N–H and O–H groups in total. The van der Waals surface area contributed by atoms with E-state index < -0.39 is 26.5 Å². The highest BCUT2D eigenvalue weighted by molar-refractivity contribution is 7.45. The van der Waals surface area contributed by atoms with Crippen molar-refractivity contribution < 1.29 is 42.1 Å². The Balaban J connectivity index is 3.90. The highest BCUT2D eigenvalue weighted by Gasteiger charge is 2.22. The number of unbranched alkanes of at least 4 members (excludes halogenated alkanes) is 50. The van der Waals surface area contributed by atoms with Gasteiger partial charge in [0.1, 0.15) is 19.8 Å². The number of ether oxygens (including phenoxy) is 2. The maximum Gasteiger partial charge on any atom is 0.306 e. The number of nitrogens with zero attached hydrogens (tertiary/aromatic N) is 1. The van der Waals surface area contributed by atoms with Gasteiger partial charge in [-0.25, -0.2) is 0 Å². The minimum Gasteiger partial charge on any atom is -0.756 e. The molecule has 0 aromatic carbocycles. The lowest BCUT2D eigenvalue weighted by molar-refractivity contribution is -0.870. The van der Waals surface area contributed by atoms with Gasteiger partial charge in [-0.2, -0.15) is 0 Å². The van der Waals surface area contributed by atoms with E-state index >= 15 is 0 Å². The summed E-state index contributed by atoms with van der Waals surface area (Å²) in [6, 6.07) is 0. The fourth-order valence-corrected chi connectivity index (χ4v) is 12.8. The topological polar surface area (TPSA) is 111 Å². The zero-order valence-electron chi connectivity index (χ0n) is 62.9. The maximum absolute atomic E-state index is 12.9. The quantitative estimate of drug-likeness (QED) is 0.0195. The van der Waals surface area contributed by atoms with Gasteiger partial charge in [0.05, 0.1) is 27.7 Å². The minimum absolute atomic E-state index is 0.0302. The molecule has 0 bridgehead atoms. The number of hydrogen-bond acceptors (Lipinski definition) is 8. The summed E-state index contributed by atoms with van der Waals surface area (Å²) < 4.78 is 34.4. The second-order valence-corrected chi connectivity index (χ2v) is 30.2. The number of quaternary nitrogens is 1. The van der Waals surface area contributed by atoms with Crippen molar-refractivity contribution in [1.29, 1.82) is 0 Å². The molecule has 10 heteroatoms. The largest absolute Gasteiger partial charge is 0.756 e. The normalized spacial score (nSPS) is 13.4. The second kappa shape index (κ2) is 74.7. The molecular weight excluding hydrogens is 1180 g/mol. The molecule has 0 heterocycles. The first-order chi connectivity index (χ1) is 46.0. The lowest BCUT2D eigenvalue weighted by Crippen LogP contribution is -2.37. The monoisotopic (exact) mass is 1340 g/mol. The van der Waals surface area contributed by atoms with Gasteiger partial charge in [0, 0.05) is 12.8 Å². The van der Waals surface area contributed by atoms with E-state index in [4.69, 9.17) is 18.5 Å². The molecule has 0 aliphatic heterocycles. The van der Waals surface area contributed by atoms with Crippen molar-refractivity contribution in [2.75, 3.05) is 47.5 Å². The zero-order valence-corrected chi connectivity index (χ0v) is 63.8. The van der Waals surface area contributed by atoms with Crippen LogP contribution in [-0.4, -0.2) is 70.0 Å². The van der Waals surface area contributed by atoms with Crippen LogP contribution in [0.15, 0.2) is 72.9 Å².